The molecule has 0 saturated carbocycles. The molecule has 0 atom stereocenters. The van der Waals surface area contributed by atoms with Gasteiger partial charge in [-0.25, -0.2) is 36.0 Å². The monoisotopic (exact) mass is 578 g/mol. The number of aromatic amines is 1. The maximum atomic E-state index is 15.1. The van der Waals surface area contributed by atoms with E-state index in [4.69, 9.17) is 9.47 Å². The zero-order valence-corrected chi connectivity index (χ0v) is 23.7. The van der Waals surface area contributed by atoms with E-state index in [0.29, 0.717) is 11.3 Å². The van der Waals surface area contributed by atoms with Crippen LogP contribution in [0.4, 0.5) is 14.9 Å². The van der Waals surface area contributed by atoms with E-state index in [1.165, 1.54) is 21.1 Å². The number of halogens is 1. The topological polar surface area (TPSA) is 149 Å². The molecule has 0 radical (unpaired) electrons. The number of H-pyrrole nitrogens is 1. The number of aromatic nitrogens is 3. The van der Waals surface area contributed by atoms with E-state index in [0.717, 1.165) is 11.0 Å². The molecule has 2 aromatic carbocycles. The molecule has 0 fully saturated rings. The lowest BCUT2D eigenvalue weighted by Crippen LogP contribution is -2.34. The van der Waals surface area contributed by atoms with Crippen molar-refractivity contribution in [1.29, 1.82) is 0 Å². The van der Waals surface area contributed by atoms with Crippen LogP contribution in [-0.4, -0.2) is 57.6 Å². The summed E-state index contributed by atoms with van der Waals surface area (Å²) in [5.74, 6) is -0.692. The van der Waals surface area contributed by atoms with Crippen molar-refractivity contribution in [2.45, 2.75) is 49.2 Å². The van der Waals surface area contributed by atoms with Gasteiger partial charge in [-0.05, 0) is 51.0 Å². The number of benzene rings is 2. The normalized spacial score (nSPS) is 12.3. The molecule has 0 unspecified atom stereocenters. The first kappa shape index (κ1) is 28.2. The predicted octanol–water partition coefficient (Wildman–Crippen LogP) is 3.88. The van der Waals surface area contributed by atoms with Crippen molar-refractivity contribution < 1.29 is 35.5 Å². The Kier molecular flexibility index (Phi) is 7.29. The lowest BCUT2D eigenvalue weighted by Gasteiger charge is -2.25. The SMILES string of the molecule is COc1ccc(CS(=O)(=O)c2nc([SH](=O)=O)c3c(n2)[nH]c2c(N(C)C(=O)OC(C)(C)C)cc(F)c(C)c23)cc1. The van der Waals surface area contributed by atoms with Crippen LogP contribution < -0.4 is 9.64 Å². The largest absolute Gasteiger partial charge is 0.497 e. The summed E-state index contributed by atoms with van der Waals surface area (Å²) in [6.07, 6.45) is -0.783. The highest BCUT2D eigenvalue weighted by Gasteiger charge is 2.28. The summed E-state index contributed by atoms with van der Waals surface area (Å²) in [4.78, 5) is 24.7. The number of rotatable bonds is 6. The molecule has 1 amide bonds. The van der Waals surface area contributed by atoms with Gasteiger partial charge in [0.1, 0.15) is 22.8 Å². The molecule has 14 heteroatoms. The zero-order chi connectivity index (χ0) is 28.9. The maximum Gasteiger partial charge on any atom is 0.414 e. The van der Waals surface area contributed by atoms with Gasteiger partial charge in [0.25, 0.3) is 5.16 Å². The number of amides is 1. The summed E-state index contributed by atoms with van der Waals surface area (Å²) in [5, 5.41) is -1.29. The molecule has 0 aliphatic heterocycles. The van der Waals surface area contributed by atoms with Crippen molar-refractivity contribution in [3.05, 3.63) is 47.3 Å². The van der Waals surface area contributed by atoms with Gasteiger partial charge in [-0.3, -0.25) is 4.90 Å². The Morgan fingerprint density at radius 1 is 1.13 bits per heavy atom. The summed E-state index contributed by atoms with van der Waals surface area (Å²) in [6, 6.07) is 7.39. The Bertz CT molecular complexity index is 1780. The average molecular weight is 579 g/mol. The van der Waals surface area contributed by atoms with Crippen LogP contribution in [-0.2, 0) is 31.0 Å². The zero-order valence-electron chi connectivity index (χ0n) is 22.0. The Labute approximate surface area is 225 Å². The van der Waals surface area contributed by atoms with Crippen molar-refractivity contribution >= 4 is 54.3 Å². The molecule has 0 bridgehead atoms. The Morgan fingerprint density at radius 3 is 2.33 bits per heavy atom. The van der Waals surface area contributed by atoms with Gasteiger partial charge in [-0.1, -0.05) is 12.1 Å². The first-order chi connectivity index (χ1) is 18.1. The number of ether oxygens (including phenoxy) is 2. The third kappa shape index (κ3) is 5.52. The molecule has 11 nitrogen and oxygen atoms in total. The van der Waals surface area contributed by atoms with Gasteiger partial charge in [0.05, 0.1) is 29.5 Å². The number of fused-ring (bicyclic) bond motifs is 3. The molecule has 0 aliphatic carbocycles. The van der Waals surface area contributed by atoms with Gasteiger partial charge in [0, 0.05) is 18.5 Å². The van der Waals surface area contributed by atoms with E-state index in [-0.39, 0.29) is 33.2 Å². The van der Waals surface area contributed by atoms with Gasteiger partial charge in [0.15, 0.2) is 15.7 Å². The molecule has 39 heavy (non-hydrogen) atoms. The molecular formula is C25H27FN4O7S2. The van der Waals surface area contributed by atoms with E-state index in [1.807, 2.05) is 0 Å². The molecular weight excluding hydrogens is 551 g/mol. The molecule has 2 aromatic heterocycles. The van der Waals surface area contributed by atoms with Crippen LogP contribution >= 0.6 is 0 Å². The van der Waals surface area contributed by atoms with Gasteiger partial charge in [-0.15, -0.1) is 0 Å². The molecule has 4 rings (SSSR count). The number of hydrogen-bond donors (Lipinski definition) is 2. The number of hydrogen-bond acceptors (Lipinski definition) is 9. The smallest absolute Gasteiger partial charge is 0.414 e. The van der Waals surface area contributed by atoms with Crippen molar-refractivity contribution in [1.82, 2.24) is 15.0 Å². The van der Waals surface area contributed by atoms with Gasteiger partial charge in [-0.2, -0.15) is 0 Å². The van der Waals surface area contributed by atoms with Crippen LogP contribution in [0.2, 0.25) is 0 Å². The first-order valence-electron chi connectivity index (χ1n) is 11.6. The summed E-state index contributed by atoms with van der Waals surface area (Å²) in [6.45, 7) is 6.45. The fraction of sp³-hybridized carbons (Fsp3) is 0.320. The highest BCUT2D eigenvalue weighted by molar-refractivity contribution is 7.90. The van der Waals surface area contributed by atoms with Crippen LogP contribution in [0.1, 0.15) is 31.9 Å². The average Bonchev–Trinajstić information content (AvgIpc) is 3.24. The quantitative estimate of drug-likeness (QED) is 0.197. The number of anilines is 1. The third-order valence-electron chi connectivity index (χ3n) is 5.86. The van der Waals surface area contributed by atoms with Gasteiger partial charge < -0.3 is 14.5 Å². The minimum atomic E-state index is -4.21. The maximum absolute atomic E-state index is 15.1. The molecule has 4 aromatic rings. The summed E-state index contributed by atoms with van der Waals surface area (Å²) < 4.78 is 76.6. The summed E-state index contributed by atoms with van der Waals surface area (Å²) >= 11 is 0. The lowest BCUT2D eigenvalue weighted by atomic mass is 10.1. The number of carbonyl (C=O) groups is 1. The predicted molar refractivity (Wildman–Crippen MR) is 143 cm³/mol. The van der Waals surface area contributed by atoms with E-state index < -0.39 is 54.0 Å². The minimum Gasteiger partial charge on any atom is -0.497 e. The number of nitrogens with zero attached hydrogens (tertiary/aromatic N) is 3. The number of aryl methyl sites for hydroxylation is 1. The number of carbonyl (C=O) groups excluding carboxylic acids is 1. The second kappa shape index (κ2) is 10.1. The van der Waals surface area contributed by atoms with Crippen LogP contribution in [0.3, 0.4) is 0 Å². The first-order valence-corrected chi connectivity index (χ1v) is 14.4. The summed E-state index contributed by atoms with van der Waals surface area (Å²) in [5.41, 5.74) is -0.308. The Morgan fingerprint density at radius 2 is 1.77 bits per heavy atom. The van der Waals surface area contributed by atoms with Crippen molar-refractivity contribution in [2.75, 3.05) is 19.1 Å². The highest BCUT2D eigenvalue weighted by atomic mass is 32.2. The van der Waals surface area contributed by atoms with E-state index in [1.54, 1.807) is 45.0 Å². The van der Waals surface area contributed by atoms with Gasteiger partial charge >= 0.3 is 6.09 Å². The lowest BCUT2D eigenvalue weighted by molar-refractivity contribution is 0.0589. The van der Waals surface area contributed by atoms with Gasteiger partial charge in [0.2, 0.25) is 9.84 Å². The molecule has 208 valence electrons. The number of sulfone groups is 1. The molecule has 1 N–H and O–H groups in total. The molecule has 0 saturated heterocycles. The Hall–Kier alpha value is -3.78. The van der Waals surface area contributed by atoms with E-state index in [2.05, 4.69) is 15.0 Å². The van der Waals surface area contributed by atoms with Crippen LogP contribution in [0.5, 0.6) is 5.75 Å². The number of methoxy groups -OCH3 is 1. The fourth-order valence-electron chi connectivity index (χ4n) is 4.01. The van der Waals surface area contributed by atoms with Crippen LogP contribution in [0, 0.1) is 12.7 Å². The van der Waals surface area contributed by atoms with E-state index in [9.17, 15) is 21.6 Å². The van der Waals surface area contributed by atoms with Crippen molar-refractivity contribution in [3.8, 4) is 5.75 Å². The van der Waals surface area contributed by atoms with Crippen molar-refractivity contribution in [2.24, 2.45) is 0 Å². The standard InChI is InChI=1S/C25H27FN4O7S2/c1-13-16(26)11-17(30(5)24(31)37-25(2,3)4)20-18(13)19-21(27-20)28-23(29-22(19)38(32)33)39(34,35)12-14-7-9-15(36-6)10-8-14/h7-11,38H,12H2,1-6H3,(H,27,28,29). The fourth-order valence-corrected chi connectivity index (χ4v) is 5.88. The highest BCUT2D eigenvalue weighted by Crippen LogP contribution is 2.38. The second-order valence-corrected chi connectivity index (χ2v) is 12.7. The molecule has 2 heterocycles. The number of thiol groups is 1. The van der Waals surface area contributed by atoms with E-state index >= 15 is 4.39 Å². The molecule has 0 aliphatic rings. The van der Waals surface area contributed by atoms with Crippen LogP contribution in [0.25, 0.3) is 21.9 Å². The van der Waals surface area contributed by atoms with Crippen molar-refractivity contribution in [3.63, 3.8) is 0 Å². The molecule has 0 spiro atoms. The third-order valence-corrected chi connectivity index (χ3v) is 7.98. The number of nitrogens with one attached hydrogen (secondary N) is 1. The van der Waals surface area contributed by atoms with Crippen LogP contribution in [0.15, 0.2) is 40.5 Å². The second-order valence-electron chi connectivity index (χ2n) is 9.83. The minimum absolute atomic E-state index is 0.0371. The summed E-state index contributed by atoms with van der Waals surface area (Å²) in [7, 11) is -4.79. The Balaban J connectivity index is 1.93.